The number of aromatic nitrogens is 4. The molecule has 0 aliphatic carbocycles. The van der Waals surface area contributed by atoms with Crippen molar-refractivity contribution in [3.8, 4) is 0 Å². The number of aliphatic hydroxyl groups is 2. The third kappa shape index (κ3) is 5.80. The van der Waals surface area contributed by atoms with Crippen LogP contribution >= 0.6 is 23.4 Å². The first-order valence-corrected chi connectivity index (χ1v) is 13.2. The van der Waals surface area contributed by atoms with Gasteiger partial charge in [0.05, 0.1) is 20.9 Å². The molecule has 6 atom stereocenters. The molecule has 0 saturated carbocycles. The van der Waals surface area contributed by atoms with Crippen LogP contribution in [0.1, 0.15) is 6.23 Å². The summed E-state index contributed by atoms with van der Waals surface area (Å²) in [4.78, 5) is 60.5. The van der Waals surface area contributed by atoms with Crippen molar-refractivity contribution >= 4 is 40.3 Å². The third-order valence-corrected chi connectivity index (χ3v) is 9.17. The summed E-state index contributed by atoms with van der Waals surface area (Å²) in [5.41, 5.74) is 6.03. The summed E-state index contributed by atoms with van der Waals surface area (Å²) in [6.45, 7) is -0.916. The highest BCUT2D eigenvalue weighted by molar-refractivity contribution is 7.75. The van der Waals surface area contributed by atoms with E-state index in [0.717, 1.165) is 6.33 Å². The number of phosphoric ester groups is 1. The molecule has 0 radical (unpaired) electrons. The molecule has 0 aromatic carbocycles. The van der Waals surface area contributed by atoms with Gasteiger partial charge in [-0.1, -0.05) is 0 Å². The smallest absolute Gasteiger partial charge is 0.479 e. The van der Waals surface area contributed by atoms with E-state index in [1.807, 2.05) is 0 Å². The number of aliphatic hydroxyl groups excluding tert-OH is 2. The molecule has 3 heterocycles. The molecule has 0 spiro atoms. The number of nitrogen functional groups attached to an aromatic ring is 1. The average Bonchev–Trinajstić information content (AvgIpc) is 3.13. The first-order chi connectivity index (χ1) is 14.2. The summed E-state index contributed by atoms with van der Waals surface area (Å²) in [5.74, 6) is -1.77. The first kappa shape index (κ1) is 24.5. The monoisotopic (exact) mass is 504 g/mol. The van der Waals surface area contributed by atoms with E-state index in [1.165, 1.54) is 10.9 Å². The van der Waals surface area contributed by atoms with Gasteiger partial charge in [-0.15, -0.1) is 0 Å². The largest absolute Gasteiger partial charge is 0.659 e. The van der Waals surface area contributed by atoms with E-state index in [-0.39, 0.29) is 17.0 Å². The van der Waals surface area contributed by atoms with Gasteiger partial charge in [0, 0.05) is 0 Å². The van der Waals surface area contributed by atoms with Crippen molar-refractivity contribution in [1.82, 2.24) is 19.5 Å². The van der Waals surface area contributed by atoms with Crippen molar-refractivity contribution < 1.29 is 57.4 Å². The van der Waals surface area contributed by atoms with Crippen LogP contribution in [0.2, 0.25) is 0 Å². The highest BCUT2D eigenvalue weighted by Gasteiger charge is 2.46. The summed E-state index contributed by atoms with van der Waals surface area (Å²) in [5, 5.41) is 20.4. The van der Waals surface area contributed by atoms with Crippen molar-refractivity contribution in [3.05, 3.63) is 12.7 Å². The van der Waals surface area contributed by atoms with Crippen LogP contribution < -0.4 is 15.5 Å². The second kappa shape index (κ2) is 8.65. The molecule has 1 fully saturated rings. The third-order valence-electron chi connectivity index (χ3n) is 3.99. The van der Waals surface area contributed by atoms with E-state index in [9.17, 15) is 38.9 Å². The second-order valence-electron chi connectivity index (χ2n) is 6.39. The van der Waals surface area contributed by atoms with Gasteiger partial charge >= 0.3 is 15.4 Å². The lowest BCUT2D eigenvalue weighted by Crippen LogP contribution is -2.33. The maximum Gasteiger partial charge on any atom is 0.479 e. The fourth-order valence-corrected chi connectivity index (χ4v) is 7.05. The van der Waals surface area contributed by atoms with Crippen molar-refractivity contribution in [2.75, 3.05) is 18.2 Å². The maximum atomic E-state index is 11.8. The molecule has 1 saturated heterocycles. The van der Waals surface area contributed by atoms with Gasteiger partial charge in [0.15, 0.2) is 23.6 Å². The minimum Gasteiger partial charge on any atom is -0.659 e. The van der Waals surface area contributed by atoms with Gasteiger partial charge in [0.2, 0.25) is 0 Å². The number of hydrogen-bond donors (Lipinski definition) is 6. The minimum absolute atomic E-state index is 0.0500. The van der Waals surface area contributed by atoms with E-state index in [0.29, 0.717) is 0 Å². The molecule has 1 aliphatic rings. The van der Waals surface area contributed by atoms with Crippen molar-refractivity contribution in [2.24, 2.45) is 0 Å². The van der Waals surface area contributed by atoms with Crippen LogP contribution in [0.5, 0.6) is 0 Å². The molecule has 2 aromatic rings. The van der Waals surface area contributed by atoms with Crippen LogP contribution in [0.4, 0.5) is 5.82 Å². The van der Waals surface area contributed by atoms with E-state index in [2.05, 4.69) is 23.8 Å². The Morgan fingerprint density at radius 1 is 1.23 bits per heavy atom. The van der Waals surface area contributed by atoms with Gasteiger partial charge in [0.1, 0.15) is 30.2 Å². The molecule has 2 aromatic heterocycles. The molecule has 1 aliphatic heterocycles. The zero-order chi connectivity index (χ0) is 23.2. The Labute approximate surface area is 173 Å². The SMILES string of the molecule is Nc1ncnc2c1ncn2[C@@H]1O[C@H](COP(=O)(O)OP(=O)(O)C[P+]([O-])([O-])O)[C@@H](O)[C@H]1O. The van der Waals surface area contributed by atoms with Gasteiger partial charge < -0.3 is 40.3 Å². The van der Waals surface area contributed by atoms with E-state index < -0.39 is 60.4 Å². The van der Waals surface area contributed by atoms with Gasteiger partial charge in [0.25, 0.3) is 0 Å². The number of rotatable bonds is 8. The number of nitrogens with zero attached hydrogens (tertiary/aromatic N) is 4. The highest BCUT2D eigenvalue weighted by Crippen LogP contribution is 2.65. The Morgan fingerprint density at radius 3 is 2.55 bits per heavy atom. The standard InChI is InChI=1S/C11H18N5O12P3/c12-9-6-10(14-2-13-9)16(3-15-6)11-8(18)7(17)5(27-11)1-26-31(24,25)28-30(22,23)4-29(19,20)21/h2-3,5,7-8,11,17-18H,1,4H2,(H,22,23)(H,24,25)(H2,12,13,14)(H2,19,20,21)/p-1/t5-,7-,8-,11-/m1/s1. The summed E-state index contributed by atoms with van der Waals surface area (Å²) < 4.78 is 38.4. The first-order valence-electron chi connectivity index (χ1n) is 8.17. The Bertz CT molecular complexity index is 1040. The van der Waals surface area contributed by atoms with Crippen molar-refractivity contribution in [3.63, 3.8) is 0 Å². The second-order valence-corrected chi connectivity index (χ2v) is 11.9. The number of imidazole rings is 1. The predicted octanol–water partition coefficient (Wildman–Crippen LogP) is -3.22. The molecule has 31 heavy (non-hydrogen) atoms. The molecule has 174 valence electrons. The molecule has 20 heteroatoms. The van der Waals surface area contributed by atoms with Crippen LogP contribution in [-0.4, -0.2) is 75.2 Å². The number of nitrogens with two attached hydrogens (primary N) is 1. The van der Waals surface area contributed by atoms with Gasteiger partial charge in [-0.3, -0.25) is 18.5 Å². The highest BCUT2D eigenvalue weighted by atomic mass is 31.3. The van der Waals surface area contributed by atoms with E-state index in [1.54, 1.807) is 0 Å². The fourth-order valence-electron chi connectivity index (χ4n) is 2.76. The van der Waals surface area contributed by atoms with Crippen molar-refractivity contribution in [1.29, 1.82) is 0 Å². The van der Waals surface area contributed by atoms with Crippen LogP contribution in [0.25, 0.3) is 11.2 Å². The Morgan fingerprint density at radius 2 is 1.90 bits per heavy atom. The maximum absolute atomic E-state index is 11.8. The molecule has 0 amide bonds. The summed E-state index contributed by atoms with van der Waals surface area (Å²) >= 11 is 0. The van der Waals surface area contributed by atoms with Gasteiger partial charge in [-0.05, 0) is 0 Å². The normalized spacial score (nSPS) is 28.5. The molecular weight excluding hydrogens is 487 g/mol. The summed E-state index contributed by atoms with van der Waals surface area (Å²) in [7, 11) is -15.9. The van der Waals surface area contributed by atoms with Gasteiger partial charge in [-0.2, -0.15) is 0 Å². The number of anilines is 1. The average molecular weight is 504 g/mol. The van der Waals surface area contributed by atoms with Crippen molar-refractivity contribution in [2.45, 2.75) is 24.5 Å². The molecule has 7 N–H and O–H groups in total. The molecule has 17 nitrogen and oxygen atoms in total. The Hall–Kier alpha value is -1.16. The van der Waals surface area contributed by atoms with Gasteiger partial charge in [-0.25, -0.2) is 23.8 Å². The number of fused-ring (bicyclic) bond motifs is 1. The Balaban J connectivity index is 1.68. The van der Waals surface area contributed by atoms with Crippen LogP contribution in [0, 0.1) is 0 Å². The minimum atomic E-state index is -5.34. The Kier molecular flexibility index (Phi) is 6.83. The predicted molar refractivity (Wildman–Crippen MR) is 96.4 cm³/mol. The van der Waals surface area contributed by atoms with Crippen LogP contribution in [0.15, 0.2) is 12.7 Å². The topological polar surface area (TPSA) is 279 Å². The quantitative estimate of drug-likeness (QED) is 0.193. The molecular formula is C11H17N5O12P3-. The molecule has 3 rings (SSSR count). The zero-order valence-corrected chi connectivity index (χ0v) is 17.9. The van der Waals surface area contributed by atoms with Crippen LogP contribution in [0.3, 0.4) is 0 Å². The number of ether oxygens (including phenoxy) is 1. The number of phosphoric acid groups is 1. The molecule has 0 bridgehead atoms. The lowest BCUT2D eigenvalue weighted by molar-refractivity contribution is -0.329. The number of hydrogen-bond acceptors (Lipinski definition) is 14. The van der Waals surface area contributed by atoms with Crippen LogP contribution in [-0.2, 0) is 22.7 Å². The lowest BCUT2D eigenvalue weighted by Gasteiger charge is -2.29. The summed E-state index contributed by atoms with van der Waals surface area (Å²) in [6, 6.07) is 0. The lowest BCUT2D eigenvalue weighted by atomic mass is 10.1. The zero-order valence-electron chi connectivity index (χ0n) is 15.2. The van der Waals surface area contributed by atoms with E-state index in [4.69, 9.17) is 15.4 Å². The van der Waals surface area contributed by atoms with E-state index >= 15 is 0 Å². The molecule has 2 unspecified atom stereocenters. The fraction of sp³-hybridized carbons (Fsp3) is 0.545. The summed E-state index contributed by atoms with van der Waals surface area (Å²) in [6.07, 6.45) is -3.59.